The van der Waals surface area contributed by atoms with Gasteiger partial charge in [-0.15, -0.1) is 0 Å². The highest BCUT2D eigenvalue weighted by Gasteiger charge is 2.37. The molecule has 1 fully saturated rings. The Morgan fingerprint density at radius 1 is 1.29 bits per heavy atom. The van der Waals surface area contributed by atoms with Crippen LogP contribution in [0, 0.1) is 0 Å². The first-order valence-corrected chi connectivity index (χ1v) is 8.67. The minimum absolute atomic E-state index is 0.0768. The summed E-state index contributed by atoms with van der Waals surface area (Å²) >= 11 is 0. The highest BCUT2D eigenvalue weighted by atomic mass is 15.3. The third-order valence-electron chi connectivity index (χ3n) is 5.12. The van der Waals surface area contributed by atoms with E-state index in [1.165, 1.54) is 31.2 Å². The molecule has 1 aromatic rings. The van der Waals surface area contributed by atoms with Crippen LogP contribution in [0.15, 0.2) is 30.3 Å². The van der Waals surface area contributed by atoms with Gasteiger partial charge in [0.1, 0.15) is 0 Å². The van der Waals surface area contributed by atoms with Gasteiger partial charge in [-0.1, -0.05) is 57.0 Å². The van der Waals surface area contributed by atoms with Gasteiger partial charge < -0.3 is 5.32 Å². The van der Waals surface area contributed by atoms with E-state index >= 15 is 0 Å². The minimum Gasteiger partial charge on any atom is -0.305 e. The molecule has 1 saturated heterocycles. The van der Waals surface area contributed by atoms with E-state index < -0.39 is 0 Å². The summed E-state index contributed by atoms with van der Waals surface area (Å²) in [7, 11) is 0. The van der Waals surface area contributed by atoms with Crippen LogP contribution in [-0.4, -0.2) is 30.1 Å². The van der Waals surface area contributed by atoms with Crippen molar-refractivity contribution >= 4 is 0 Å². The van der Waals surface area contributed by atoms with Crippen molar-refractivity contribution in [2.45, 2.75) is 71.0 Å². The number of unbranched alkanes of at least 4 members (excludes halogenated alkanes) is 1. The zero-order chi connectivity index (χ0) is 15.3. The van der Waals surface area contributed by atoms with E-state index in [0.29, 0.717) is 12.1 Å². The van der Waals surface area contributed by atoms with Crippen molar-refractivity contribution in [2.24, 2.45) is 0 Å². The lowest BCUT2D eigenvalue weighted by atomic mass is 9.86. The summed E-state index contributed by atoms with van der Waals surface area (Å²) in [5.74, 6) is 0. The summed E-state index contributed by atoms with van der Waals surface area (Å²) < 4.78 is 0. The number of hydrogen-bond acceptors (Lipinski definition) is 2. The molecule has 0 radical (unpaired) electrons. The average Bonchev–Trinajstić information content (AvgIpc) is 2.53. The fourth-order valence-corrected chi connectivity index (χ4v) is 3.57. The zero-order valence-electron chi connectivity index (χ0n) is 14.2. The molecule has 2 rings (SSSR count). The fraction of sp³-hybridized carbons (Fsp3) is 0.684. The summed E-state index contributed by atoms with van der Waals surface area (Å²) in [6.45, 7) is 11.6. The first-order chi connectivity index (χ1) is 10.1. The molecular weight excluding hydrogens is 256 g/mol. The van der Waals surface area contributed by atoms with Crippen LogP contribution in [0.2, 0.25) is 0 Å². The number of hydrogen-bond donors (Lipinski definition) is 1. The molecule has 21 heavy (non-hydrogen) atoms. The number of nitrogens with one attached hydrogen (secondary N) is 1. The molecule has 1 N–H and O–H groups in total. The molecule has 1 aliphatic rings. The van der Waals surface area contributed by atoms with Crippen LogP contribution in [0.5, 0.6) is 0 Å². The maximum Gasteiger partial charge on any atom is 0.0535 e. The van der Waals surface area contributed by atoms with E-state index in [1.807, 2.05) is 0 Å². The van der Waals surface area contributed by atoms with Crippen molar-refractivity contribution in [1.29, 1.82) is 0 Å². The van der Waals surface area contributed by atoms with E-state index in [-0.39, 0.29) is 5.54 Å². The van der Waals surface area contributed by atoms with Crippen molar-refractivity contribution < 1.29 is 0 Å². The highest BCUT2D eigenvalue weighted by molar-refractivity contribution is 5.25. The number of benzene rings is 1. The Balaban J connectivity index is 2.14. The van der Waals surface area contributed by atoms with Crippen LogP contribution in [0.3, 0.4) is 0 Å². The predicted molar refractivity (Wildman–Crippen MR) is 91.6 cm³/mol. The molecule has 3 unspecified atom stereocenters. The van der Waals surface area contributed by atoms with Crippen LogP contribution in [-0.2, 0) is 5.54 Å². The zero-order valence-corrected chi connectivity index (χ0v) is 14.2. The van der Waals surface area contributed by atoms with E-state index in [9.17, 15) is 0 Å². The molecular formula is C19H32N2. The molecule has 1 aliphatic heterocycles. The molecule has 118 valence electrons. The Hall–Kier alpha value is -0.860. The molecule has 3 atom stereocenters. The molecule has 2 nitrogen and oxygen atoms in total. The second kappa shape index (κ2) is 7.42. The Bertz CT molecular complexity index is 417. The smallest absolute Gasteiger partial charge is 0.0535 e. The van der Waals surface area contributed by atoms with Crippen molar-refractivity contribution in [3.05, 3.63) is 35.9 Å². The van der Waals surface area contributed by atoms with Crippen molar-refractivity contribution in [2.75, 3.05) is 13.1 Å². The fourth-order valence-electron chi connectivity index (χ4n) is 3.57. The summed E-state index contributed by atoms with van der Waals surface area (Å²) in [4.78, 5) is 2.75. The standard InChI is InChI=1S/C19H32N2/c1-5-7-11-16(3)21-15-19(4,20-14-18(21)6-2)17-12-9-8-10-13-17/h8-10,12-13,16,18,20H,5-7,11,14-15H2,1-4H3. The average molecular weight is 288 g/mol. The quantitative estimate of drug-likeness (QED) is 0.845. The second-order valence-corrected chi connectivity index (χ2v) is 6.80. The SMILES string of the molecule is CCCCC(C)N1CC(C)(c2ccccc2)NCC1CC. The molecule has 0 amide bonds. The second-order valence-electron chi connectivity index (χ2n) is 6.80. The Kier molecular flexibility index (Phi) is 5.83. The Labute approximate surface area is 130 Å². The minimum atomic E-state index is 0.0768. The van der Waals surface area contributed by atoms with Gasteiger partial charge in [0.2, 0.25) is 0 Å². The molecule has 0 spiro atoms. The van der Waals surface area contributed by atoms with Crippen LogP contribution < -0.4 is 5.32 Å². The highest BCUT2D eigenvalue weighted by Crippen LogP contribution is 2.29. The van der Waals surface area contributed by atoms with Gasteiger partial charge >= 0.3 is 0 Å². The number of rotatable bonds is 6. The lowest BCUT2D eigenvalue weighted by molar-refractivity contribution is 0.0463. The first-order valence-electron chi connectivity index (χ1n) is 8.67. The van der Waals surface area contributed by atoms with Gasteiger partial charge in [-0.05, 0) is 32.3 Å². The van der Waals surface area contributed by atoms with E-state index in [4.69, 9.17) is 0 Å². The predicted octanol–water partition coefficient (Wildman–Crippen LogP) is 4.16. The van der Waals surface area contributed by atoms with Crippen LogP contribution in [0.25, 0.3) is 0 Å². The molecule has 1 aromatic carbocycles. The van der Waals surface area contributed by atoms with Gasteiger partial charge in [0.15, 0.2) is 0 Å². The molecule has 0 aliphatic carbocycles. The summed E-state index contributed by atoms with van der Waals surface area (Å²) in [6, 6.07) is 12.3. The summed E-state index contributed by atoms with van der Waals surface area (Å²) in [5.41, 5.74) is 1.49. The molecule has 2 heteroatoms. The van der Waals surface area contributed by atoms with Gasteiger partial charge in [-0.25, -0.2) is 0 Å². The Morgan fingerprint density at radius 3 is 2.62 bits per heavy atom. The van der Waals surface area contributed by atoms with Gasteiger partial charge in [-0.3, -0.25) is 4.90 Å². The molecule has 0 aromatic heterocycles. The van der Waals surface area contributed by atoms with Crippen LogP contribution in [0.4, 0.5) is 0 Å². The lowest BCUT2D eigenvalue weighted by Crippen LogP contribution is -2.62. The monoisotopic (exact) mass is 288 g/mol. The summed E-state index contributed by atoms with van der Waals surface area (Å²) in [5, 5.41) is 3.81. The first kappa shape index (κ1) is 16.5. The van der Waals surface area contributed by atoms with E-state index in [1.54, 1.807) is 0 Å². The largest absolute Gasteiger partial charge is 0.305 e. The van der Waals surface area contributed by atoms with E-state index in [0.717, 1.165) is 13.1 Å². The maximum atomic E-state index is 3.81. The van der Waals surface area contributed by atoms with Gasteiger partial charge in [0.25, 0.3) is 0 Å². The molecule has 0 saturated carbocycles. The summed E-state index contributed by atoms with van der Waals surface area (Å²) in [6.07, 6.45) is 5.18. The number of nitrogens with zero attached hydrogens (tertiary/aromatic N) is 1. The van der Waals surface area contributed by atoms with E-state index in [2.05, 4.69) is 68.2 Å². The van der Waals surface area contributed by atoms with Crippen LogP contribution in [0.1, 0.15) is 58.9 Å². The lowest BCUT2D eigenvalue weighted by Gasteiger charge is -2.49. The van der Waals surface area contributed by atoms with Crippen LogP contribution >= 0.6 is 0 Å². The molecule has 0 bridgehead atoms. The van der Waals surface area contributed by atoms with Gasteiger partial charge in [0.05, 0.1) is 5.54 Å². The van der Waals surface area contributed by atoms with Crippen molar-refractivity contribution in [3.63, 3.8) is 0 Å². The van der Waals surface area contributed by atoms with Gasteiger partial charge in [0, 0.05) is 25.2 Å². The maximum absolute atomic E-state index is 3.81. The third kappa shape index (κ3) is 3.87. The van der Waals surface area contributed by atoms with Gasteiger partial charge in [-0.2, -0.15) is 0 Å². The Morgan fingerprint density at radius 2 is 2.00 bits per heavy atom. The van der Waals surface area contributed by atoms with Crippen molar-refractivity contribution in [3.8, 4) is 0 Å². The number of piperazine rings is 1. The third-order valence-corrected chi connectivity index (χ3v) is 5.12. The molecule has 1 heterocycles. The topological polar surface area (TPSA) is 15.3 Å². The normalized spacial score (nSPS) is 28.5. The van der Waals surface area contributed by atoms with Crippen molar-refractivity contribution in [1.82, 2.24) is 10.2 Å².